The average molecular weight is 358 g/mol. The summed E-state index contributed by atoms with van der Waals surface area (Å²) in [7, 11) is 0. The Kier molecular flexibility index (Phi) is 3.98. The second-order valence-electron chi connectivity index (χ2n) is 6.21. The van der Waals surface area contributed by atoms with Gasteiger partial charge in [0.15, 0.2) is 5.43 Å². The second kappa shape index (κ2) is 6.46. The van der Waals surface area contributed by atoms with Crippen LogP contribution >= 0.6 is 0 Å². The molecule has 1 amide bonds. The van der Waals surface area contributed by atoms with E-state index >= 15 is 0 Å². The van der Waals surface area contributed by atoms with Crippen LogP contribution < -0.4 is 10.3 Å². The molecule has 3 aromatic rings. The molecule has 1 aliphatic rings. The van der Waals surface area contributed by atoms with Crippen LogP contribution in [0.5, 0.6) is 5.75 Å². The lowest BCUT2D eigenvalue weighted by Gasteiger charge is -2.16. The van der Waals surface area contributed by atoms with Gasteiger partial charge in [-0.2, -0.15) is 5.26 Å². The van der Waals surface area contributed by atoms with Crippen molar-refractivity contribution in [1.82, 2.24) is 0 Å². The van der Waals surface area contributed by atoms with E-state index < -0.39 is 5.91 Å². The Morgan fingerprint density at radius 1 is 1.26 bits per heavy atom. The molecule has 6 nitrogen and oxygen atoms in total. The van der Waals surface area contributed by atoms with Crippen LogP contribution in [0, 0.1) is 11.3 Å². The number of anilines is 1. The fraction of sp³-hybridized carbons (Fsp3) is 0.0952. The van der Waals surface area contributed by atoms with E-state index in [2.05, 4.69) is 0 Å². The Hall–Kier alpha value is -3.85. The summed E-state index contributed by atoms with van der Waals surface area (Å²) in [6.07, 6.45) is 3.16. The fourth-order valence-electron chi connectivity index (χ4n) is 3.22. The number of hydrogen-bond donors (Lipinski definition) is 1. The molecule has 0 spiro atoms. The van der Waals surface area contributed by atoms with E-state index in [0.717, 1.165) is 17.7 Å². The maximum Gasteiger partial charge on any atom is 0.268 e. The Bertz CT molecular complexity index is 1200. The molecule has 1 aromatic heterocycles. The summed E-state index contributed by atoms with van der Waals surface area (Å²) in [5, 5.41) is 19.2. The summed E-state index contributed by atoms with van der Waals surface area (Å²) in [6.45, 7) is 0.489. The predicted octanol–water partition coefficient (Wildman–Crippen LogP) is 2.99. The standard InChI is InChI=1S/C21H14N2O4/c22-11-14(21(26)23-8-7-13-3-1-2-4-18(13)23)9-15-12-27-19-10-16(24)5-6-17(19)20(15)25/h1-6,9-10,12,24H,7-8H2. The van der Waals surface area contributed by atoms with Crippen LogP contribution in [-0.4, -0.2) is 17.6 Å². The van der Waals surface area contributed by atoms with Gasteiger partial charge in [-0.05, 0) is 36.3 Å². The van der Waals surface area contributed by atoms with E-state index in [4.69, 9.17) is 4.42 Å². The molecule has 132 valence electrons. The summed E-state index contributed by atoms with van der Waals surface area (Å²) in [6, 6.07) is 13.6. The van der Waals surface area contributed by atoms with Gasteiger partial charge < -0.3 is 14.4 Å². The summed E-state index contributed by atoms with van der Waals surface area (Å²) in [5.41, 5.74) is 1.65. The minimum absolute atomic E-state index is 0.0190. The monoisotopic (exact) mass is 358 g/mol. The highest BCUT2D eigenvalue weighted by Gasteiger charge is 2.26. The van der Waals surface area contributed by atoms with Gasteiger partial charge in [0.1, 0.15) is 29.2 Å². The van der Waals surface area contributed by atoms with Crippen LogP contribution in [-0.2, 0) is 11.2 Å². The van der Waals surface area contributed by atoms with Crippen molar-refractivity contribution in [2.24, 2.45) is 0 Å². The Morgan fingerprint density at radius 2 is 2.07 bits per heavy atom. The van der Waals surface area contributed by atoms with Crippen LogP contribution in [0.1, 0.15) is 11.1 Å². The van der Waals surface area contributed by atoms with E-state index in [0.29, 0.717) is 6.54 Å². The van der Waals surface area contributed by atoms with Gasteiger partial charge in [-0.15, -0.1) is 0 Å². The second-order valence-corrected chi connectivity index (χ2v) is 6.21. The number of benzene rings is 2. The molecule has 2 heterocycles. The molecule has 0 saturated heterocycles. The molecule has 0 saturated carbocycles. The molecular formula is C21H14N2O4. The fourth-order valence-corrected chi connectivity index (χ4v) is 3.22. The first-order valence-electron chi connectivity index (χ1n) is 8.34. The quantitative estimate of drug-likeness (QED) is 0.561. The Balaban J connectivity index is 1.74. The highest BCUT2D eigenvalue weighted by molar-refractivity contribution is 6.12. The molecule has 1 N–H and O–H groups in total. The van der Waals surface area contributed by atoms with Crippen molar-refractivity contribution >= 4 is 28.6 Å². The Morgan fingerprint density at radius 3 is 2.89 bits per heavy atom. The molecule has 0 radical (unpaired) electrons. The minimum atomic E-state index is -0.451. The molecule has 6 heteroatoms. The zero-order chi connectivity index (χ0) is 19.0. The molecule has 0 fully saturated rings. The first-order chi connectivity index (χ1) is 13.1. The smallest absolute Gasteiger partial charge is 0.268 e. The number of aromatic hydroxyl groups is 1. The van der Waals surface area contributed by atoms with Gasteiger partial charge in [0.25, 0.3) is 5.91 Å². The lowest BCUT2D eigenvalue weighted by Crippen LogP contribution is -2.30. The highest BCUT2D eigenvalue weighted by atomic mass is 16.3. The molecule has 2 aromatic carbocycles. The number of hydrogen-bond acceptors (Lipinski definition) is 5. The van der Waals surface area contributed by atoms with E-state index in [1.165, 1.54) is 30.5 Å². The van der Waals surface area contributed by atoms with Crippen molar-refractivity contribution in [3.63, 3.8) is 0 Å². The van der Waals surface area contributed by atoms with E-state index in [-0.39, 0.29) is 33.3 Å². The van der Waals surface area contributed by atoms with Gasteiger partial charge in [0.2, 0.25) is 0 Å². The molecular weight excluding hydrogens is 344 g/mol. The van der Waals surface area contributed by atoms with Gasteiger partial charge >= 0.3 is 0 Å². The molecule has 0 unspecified atom stereocenters. The SMILES string of the molecule is N#CC(=Cc1coc2cc(O)ccc2c1=O)C(=O)N1CCc2ccccc21. The van der Waals surface area contributed by atoms with Crippen LogP contribution in [0.25, 0.3) is 17.0 Å². The van der Waals surface area contributed by atoms with Crippen LogP contribution in [0.3, 0.4) is 0 Å². The predicted molar refractivity (Wildman–Crippen MR) is 100 cm³/mol. The van der Waals surface area contributed by atoms with Gasteiger partial charge in [0, 0.05) is 18.3 Å². The lowest BCUT2D eigenvalue weighted by molar-refractivity contribution is -0.114. The number of amides is 1. The highest BCUT2D eigenvalue weighted by Crippen LogP contribution is 2.29. The van der Waals surface area contributed by atoms with Crippen LogP contribution in [0.4, 0.5) is 5.69 Å². The zero-order valence-corrected chi connectivity index (χ0v) is 14.2. The zero-order valence-electron chi connectivity index (χ0n) is 14.2. The number of nitrogens with zero attached hydrogens (tertiary/aromatic N) is 2. The van der Waals surface area contributed by atoms with Gasteiger partial charge in [-0.1, -0.05) is 18.2 Å². The van der Waals surface area contributed by atoms with Crippen molar-refractivity contribution in [3.05, 3.63) is 75.7 Å². The van der Waals surface area contributed by atoms with Crippen molar-refractivity contribution in [2.45, 2.75) is 6.42 Å². The van der Waals surface area contributed by atoms with Gasteiger partial charge in [-0.3, -0.25) is 9.59 Å². The first kappa shape index (κ1) is 16.6. The molecule has 27 heavy (non-hydrogen) atoms. The topological polar surface area (TPSA) is 94.5 Å². The van der Waals surface area contributed by atoms with E-state index in [1.807, 2.05) is 30.3 Å². The van der Waals surface area contributed by atoms with E-state index in [1.54, 1.807) is 4.90 Å². The number of carbonyl (C=O) groups is 1. The number of carbonyl (C=O) groups excluding carboxylic acids is 1. The molecule has 0 aliphatic carbocycles. The molecule has 0 bridgehead atoms. The summed E-state index contributed by atoms with van der Waals surface area (Å²) < 4.78 is 5.37. The first-order valence-corrected chi connectivity index (χ1v) is 8.34. The van der Waals surface area contributed by atoms with Crippen molar-refractivity contribution in [2.75, 3.05) is 11.4 Å². The number of phenols is 1. The molecule has 0 atom stereocenters. The molecule has 1 aliphatic heterocycles. The third-order valence-corrected chi connectivity index (χ3v) is 4.57. The third kappa shape index (κ3) is 2.85. The normalized spacial score (nSPS) is 13.4. The number of rotatable bonds is 2. The number of phenolic OH excluding ortho intramolecular Hbond substituents is 1. The summed E-state index contributed by atoms with van der Waals surface area (Å²) in [4.78, 5) is 27.0. The van der Waals surface area contributed by atoms with Crippen molar-refractivity contribution in [3.8, 4) is 11.8 Å². The maximum atomic E-state index is 12.8. The minimum Gasteiger partial charge on any atom is -0.508 e. The summed E-state index contributed by atoms with van der Waals surface area (Å²) >= 11 is 0. The van der Waals surface area contributed by atoms with Crippen molar-refractivity contribution < 1.29 is 14.3 Å². The average Bonchev–Trinajstić information content (AvgIpc) is 3.11. The number of para-hydroxylation sites is 1. The lowest BCUT2D eigenvalue weighted by atomic mass is 10.1. The van der Waals surface area contributed by atoms with Crippen molar-refractivity contribution in [1.29, 1.82) is 5.26 Å². The molecule has 4 rings (SSSR count). The number of nitriles is 1. The van der Waals surface area contributed by atoms with E-state index in [9.17, 15) is 20.0 Å². The van der Waals surface area contributed by atoms with Crippen LogP contribution in [0.15, 0.2) is 63.5 Å². The number of fused-ring (bicyclic) bond motifs is 2. The summed E-state index contributed by atoms with van der Waals surface area (Å²) in [5.74, 6) is -0.470. The Labute approximate surface area is 154 Å². The maximum absolute atomic E-state index is 12.8. The van der Waals surface area contributed by atoms with Crippen LogP contribution in [0.2, 0.25) is 0 Å². The third-order valence-electron chi connectivity index (χ3n) is 4.57. The van der Waals surface area contributed by atoms with Gasteiger partial charge in [0.05, 0.1) is 10.9 Å². The van der Waals surface area contributed by atoms with Gasteiger partial charge in [-0.25, -0.2) is 0 Å². The largest absolute Gasteiger partial charge is 0.508 e.